The van der Waals surface area contributed by atoms with Gasteiger partial charge in [-0.3, -0.25) is 14.5 Å². The molecule has 19 heavy (non-hydrogen) atoms. The fraction of sp³-hybridized carbons (Fsp3) is 0.357. The van der Waals surface area contributed by atoms with Crippen molar-refractivity contribution in [1.82, 2.24) is 0 Å². The first-order valence-electron chi connectivity index (χ1n) is 6.20. The molecule has 0 aromatic heterocycles. The van der Waals surface area contributed by atoms with Crippen LogP contribution in [0.25, 0.3) is 0 Å². The average Bonchev–Trinajstić information content (AvgIpc) is 2.52. The van der Waals surface area contributed by atoms with Crippen LogP contribution >= 0.6 is 0 Å². The van der Waals surface area contributed by atoms with Crippen LogP contribution in [0.15, 0.2) is 18.2 Å². The Labute approximate surface area is 110 Å². The number of imide groups is 1. The first-order chi connectivity index (χ1) is 9.00. The third kappa shape index (κ3) is 2.65. The Balaban J connectivity index is 2.48. The number of carbonyl (C=O) groups is 3. The zero-order valence-electron chi connectivity index (χ0n) is 10.7. The minimum Gasteiger partial charge on any atom is -0.478 e. The van der Waals surface area contributed by atoms with E-state index in [2.05, 4.69) is 0 Å². The molecule has 5 heteroatoms. The summed E-state index contributed by atoms with van der Waals surface area (Å²) in [7, 11) is 0. The number of aryl methyl sites for hydroxylation is 1. The fourth-order valence-corrected chi connectivity index (χ4v) is 2.17. The van der Waals surface area contributed by atoms with Crippen molar-refractivity contribution in [1.29, 1.82) is 0 Å². The van der Waals surface area contributed by atoms with Crippen molar-refractivity contribution in [3.63, 3.8) is 0 Å². The van der Waals surface area contributed by atoms with Crippen LogP contribution in [-0.2, 0) is 9.59 Å². The van der Waals surface area contributed by atoms with Crippen molar-refractivity contribution in [3.8, 4) is 0 Å². The average molecular weight is 261 g/mol. The van der Waals surface area contributed by atoms with Crippen LogP contribution in [0.1, 0.15) is 41.6 Å². The zero-order valence-corrected chi connectivity index (χ0v) is 10.7. The molecule has 100 valence electrons. The molecule has 1 aromatic rings. The van der Waals surface area contributed by atoms with E-state index >= 15 is 0 Å². The van der Waals surface area contributed by atoms with Gasteiger partial charge in [0.05, 0.1) is 11.3 Å². The van der Waals surface area contributed by atoms with E-state index in [1.807, 2.05) is 0 Å². The van der Waals surface area contributed by atoms with Crippen LogP contribution in [0, 0.1) is 6.92 Å². The number of aromatic carboxylic acids is 1. The van der Waals surface area contributed by atoms with Crippen LogP contribution in [0.3, 0.4) is 0 Å². The Bertz CT molecular complexity index is 532. The lowest BCUT2D eigenvalue weighted by Crippen LogP contribution is -2.35. The Hall–Kier alpha value is -2.17. The van der Waals surface area contributed by atoms with Crippen molar-refractivity contribution in [2.24, 2.45) is 0 Å². The number of hydrogen-bond donors (Lipinski definition) is 1. The summed E-state index contributed by atoms with van der Waals surface area (Å²) < 4.78 is 0. The molecule has 0 saturated carbocycles. The van der Waals surface area contributed by atoms with Crippen molar-refractivity contribution in [3.05, 3.63) is 29.3 Å². The molecule has 1 aromatic carbocycles. The van der Waals surface area contributed by atoms with Crippen LogP contribution < -0.4 is 4.90 Å². The molecule has 0 spiro atoms. The normalized spacial score (nSPS) is 16.4. The Morgan fingerprint density at radius 1 is 1.16 bits per heavy atom. The number of carboxylic acids is 1. The van der Waals surface area contributed by atoms with Crippen molar-refractivity contribution >= 4 is 23.5 Å². The molecule has 1 heterocycles. The van der Waals surface area contributed by atoms with Gasteiger partial charge in [0.15, 0.2) is 0 Å². The minimum absolute atomic E-state index is 0.0745. The molecule has 0 aliphatic carbocycles. The van der Waals surface area contributed by atoms with Crippen LogP contribution in [0.5, 0.6) is 0 Å². The highest BCUT2D eigenvalue weighted by Gasteiger charge is 2.27. The molecular weight excluding hydrogens is 246 g/mol. The summed E-state index contributed by atoms with van der Waals surface area (Å²) in [4.78, 5) is 36.2. The van der Waals surface area contributed by atoms with Gasteiger partial charge in [0, 0.05) is 12.8 Å². The van der Waals surface area contributed by atoms with Gasteiger partial charge in [0.1, 0.15) is 0 Å². The van der Waals surface area contributed by atoms with Crippen LogP contribution in [-0.4, -0.2) is 22.9 Å². The number of hydrogen-bond acceptors (Lipinski definition) is 3. The molecule has 0 bridgehead atoms. The van der Waals surface area contributed by atoms with Gasteiger partial charge < -0.3 is 5.11 Å². The Morgan fingerprint density at radius 2 is 1.74 bits per heavy atom. The lowest BCUT2D eigenvalue weighted by Gasteiger charge is -2.21. The molecule has 1 aliphatic rings. The zero-order chi connectivity index (χ0) is 14.0. The maximum absolute atomic E-state index is 12.0. The first-order valence-corrected chi connectivity index (χ1v) is 6.20. The van der Waals surface area contributed by atoms with Crippen LogP contribution in [0.2, 0.25) is 0 Å². The maximum atomic E-state index is 12.0. The minimum atomic E-state index is -1.07. The molecule has 0 unspecified atom stereocenters. The van der Waals surface area contributed by atoms with Gasteiger partial charge in [-0.25, -0.2) is 4.79 Å². The van der Waals surface area contributed by atoms with E-state index in [9.17, 15) is 14.4 Å². The molecule has 0 radical (unpaired) electrons. The second kappa shape index (κ2) is 5.22. The van der Waals surface area contributed by atoms with E-state index in [1.54, 1.807) is 13.0 Å². The van der Waals surface area contributed by atoms with E-state index < -0.39 is 5.97 Å². The van der Waals surface area contributed by atoms with Gasteiger partial charge in [0.25, 0.3) is 0 Å². The SMILES string of the molecule is Cc1ccc(C(=O)O)cc1N1C(=O)CCCCC1=O. The van der Waals surface area contributed by atoms with Crippen molar-refractivity contribution in [2.75, 3.05) is 4.90 Å². The van der Waals surface area contributed by atoms with E-state index in [4.69, 9.17) is 5.11 Å². The predicted octanol–water partition coefficient (Wildman–Crippen LogP) is 2.13. The molecule has 0 atom stereocenters. The number of benzene rings is 1. The standard InChI is InChI=1S/C14H15NO4/c1-9-6-7-10(14(18)19)8-11(9)15-12(16)4-2-3-5-13(15)17/h6-8H,2-5H2,1H3,(H,18,19). The van der Waals surface area contributed by atoms with E-state index in [0.29, 0.717) is 36.9 Å². The summed E-state index contributed by atoms with van der Waals surface area (Å²) in [5, 5.41) is 9.00. The van der Waals surface area contributed by atoms with E-state index in [1.165, 1.54) is 12.1 Å². The van der Waals surface area contributed by atoms with Gasteiger partial charge in [-0.15, -0.1) is 0 Å². The predicted molar refractivity (Wildman–Crippen MR) is 69.1 cm³/mol. The maximum Gasteiger partial charge on any atom is 0.335 e. The summed E-state index contributed by atoms with van der Waals surface area (Å²) in [6.07, 6.45) is 2.03. The number of carbonyl (C=O) groups excluding carboxylic acids is 2. The lowest BCUT2D eigenvalue weighted by atomic mass is 10.1. The molecular formula is C14H15NO4. The number of carboxylic acid groups (broad SMARTS) is 1. The number of nitrogens with zero attached hydrogens (tertiary/aromatic N) is 1. The van der Waals surface area contributed by atoms with E-state index in [-0.39, 0.29) is 17.4 Å². The van der Waals surface area contributed by atoms with Crippen LogP contribution in [0.4, 0.5) is 5.69 Å². The largest absolute Gasteiger partial charge is 0.478 e. The molecule has 2 rings (SSSR count). The molecule has 5 nitrogen and oxygen atoms in total. The quantitative estimate of drug-likeness (QED) is 0.827. The second-order valence-electron chi connectivity index (χ2n) is 4.64. The van der Waals surface area contributed by atoms with Gasteiger partial charge in [-0.05, 0) is 37.5 Å². The third-order valence-electron chi connectivity index (χ3n) is 3.23. The Morgan fingerprint density at radius 3 is 2.26 bits per heavy atom. The number of rotatable bonds is 2. The molecule has 1 N–H and O–H groups in total. The Kier molecular flexibility index (Phi) is 3.64. The highest BCUT2D eigenvalue weighted by Crippen LogP contribution is 2.26. The number of amides is 2. The summed E-state index contributed by atoms with van der Waals surface area (Å²) in [6.45, 7) is 1.76. The van der Waals surface area contributed by atoms with Crippen molar-refractivity contribution in [2.45, 2.75) is 32.6 Å². The number of anilines is 1. The smallest absolute Gasteiger partial charge is 0.335 e. The van der Waals surface area contributed by atoms with Gasteiger partial charge >= 0.3 is 5.97 Å². The van der Waals surface area contributed by atoms with Gasteiger partial charge in [-0.2, -0.15) is 0 Å². The summed E-state index contributed by atoms with van der Waals surface area (Å²) in [5.41, 5.74) is 1.18. The van der Waals surface area contributed by atoms with Crippen molar-refractivity contribution < 1.29 is 19.5 Å². The van der Waals surface area contributed by atoms with Gasteiger partial charge in [0.2, 0.25) is 11.8 Å². The van der Waals surface area contributed by atoms with Gasteiger partial charge in [-0.1, -0.05) is 6.07 Å². The topological polar surface area (TPSA) is 74.7 Å². The fourth-order valence-electron chi connectivity index (χ4n) is 2.17. The first kappa shape index (κ1) is 13.3. The monoisotopic (exact) mass is 261 g/mol. The summed E-state index contributed by atoms with van der Waals surface area (Å²) in [6, 6.07) is 4.47. The summed E-state index contributed by atoms with van der Waals surface area (Å²) >= 11 is 0. The molecule has 1 fully saturated rings. The molecule has 1 saturated heterocycles. The molecule has 2 amide bonds. The highest BCUT2D eigenvalue weighted by molar-refractivity contribution is 6.16. The third-order valence-corrected chi connectivity index (χ3v) is 3.23. The van der Waals surface area contributed by atoms with E-state index in [0.717, 1.165) is 4.90 Å². The lowest BCUT2D eigenvalue weighted by molar-refractivity contribution is -0.125. The summed E-state index contributed by atoms with van der Waals surface area (Å²) in [5.74, 6) is -1.59. The molecule has 1 aliphatic heterocycles. The highest BCUT2D eigenvalue weighted by atomic mass is 16.4. The second-order valence-corrected chi connectivity index (χ2v) is 4.64.